The van der Waals surface area contributed by atoms with Crippen molar-refractivity contribution in [3.8, 4) is 11.9 Å². The van der Waals surface area contributed by atoms with Crippen LogP contribution in [0.5, 0.6) is 5.75 Å². The summed E-state index contributed by atoms with van der Waals surface area (Å²) in [5.74, 6) is -2.58. The van der Waals surface area contributed by atoms with Gasteiger partial charge in [0.2, 0.25) is 11.9 Å². The molecule has 2 aromatic rings. The fourth-order valence-electron chi connectivity index (χ4n) is 4.51. The second-order valence-corrected chi connectivity index (χ2v) is 9.81. The molecule has 2 aromatic carbocycles. The van der Waals surface area contributed by atoms with Crippen molar-refractivity contribution in [3.63, 3.8) is 0 Å². The number of aliphatic imine (C=N–C) groups is 1. The van der Waals surface area contributed by atoms with E-state index in [0.29, 0.717) is 17.3 Å². The number of likely N-dealkylation sites (N-methyl/N-ethyl adjacent to an activating group) is 1. The monoisotopic (exact) mass is 617 g/mol. The summed E-state index contributed by atoms with van der Waals surface area (Å²) < 4.78 is 69.9. The van der Waals surface area contributed by atoms with E-state index in [1.807, 2.05) is 0 Å². The van der Waals surface area contributed by atoms with Gasteiger partial charge in [-0.15, -0.1) is 13.2 Å². The SMILES string of the molecule is CCN(C(=O)[C@H]1C[C@@H](F)CN1)[C@H]1CN(C(=Nc2cc(F)cc(OC(F)(F)F)c2)NC#N)N=C1c1ccc(Cl)c(Cl)c1. The smallest absolute Gasteiger partial charge is 0.406 e. The van der Waals surface area contributed by atoms with Gasteiger partial charge in [0, 0.05) is 37.2 Å². The first kappa shape index (κ1) is 30.3. The predicted octanol–water partition coefficient (Wildman–Crippen LogP) is 4.73. The van der Waals surface area contributed by atoms with Gasteiger partial charge in [0.15, 0.2) is 6.19 Å². The Bertz CT molecular complexity index is 1420. The summed E-state index contributed by atoms with van der Waals surface area (Å²) >= 11 is 12.3. The summed E-state index contributed by atoms with van der Waals surface area (Å²) in [4.78, 5) is 19.0. The Kier molecular flexibility index (Phi) is 9.21. The minimum atomic E-state index is -5.07. The quantitative estimate of drug-likeness (QED) is 0.160. The van der Waals surface area contributed by atoms with Gasteiger partial charge in [-0.3, -0.25) is 10.1 Å². The minimum Gasteiger partial charge on any atom is -0.406 e. The van der Waals surface area contributed by atoms with Gasteiger partial charge in [0.25, 0.3) is 0 Å². The van der Waals surface area contributed by atoms with E-state index in [2.05, 4.69) is 25.5 Å². The molecule has 2 aliphatic heterocycles. The number of benzene rings is 2. The summed E-state index contributed by atoms with van der Waals surface area (Å²) in [6.45, 7) is 1.89. The molecule has 2 heterocycles. The molecule has 2 N–H and O–H groups in total. The van der Waals surface area contributed by atoms with E-state index >= 15 is 0 Å². The maximum Gasteiger partial charge on any atom is 0.573 e. The zero-order valence-corrected chi connectivity index (χ0v) is 22.7. The number of hydrogen-bond donors (Lipinski definition) is 2. The Balaban J connectivity index is 1.74. The number of amides is 1. The van der Waals surface area contributed by atoms with Gasteiger partial charge in [0.1, 0.15) is 17.7 Å². The van der Waals surface area contributed by atoms with Crippen LogP contribution in [-0.4, -0.2) is 71.7 Å². The van der Waals surface area contributed by atoms with Crippen LogP contribution in [0.2, 0.25) is 10.0 Å². The maximum atomic E-state index is 14.1. The molecule has 218 valence electrons. The van der Waals surface area contributed by atoms with E-state index in [1.165, 1.54) is 22.0 Å². The number of ether oxygens (including phenoxy) is 1. The summed E-state index contributed by atoms with van der Waals surface area (Å²) in [5.41, 5.74) is 0.481. The van der Waals surface area contributed by atoms with Crippen LogP contribution < -0.4 is 15.4 Å². The molecule has 0 aromatic heterocycles. The number of guanidine groups is 1. The van der Waals surface area contributed by atoms with E-state index in [-0.39, 0.29) is 53.7 Å². The van der Waals surface area contributed by atoms with Crippen molar-refractivity contribution in [2.45, 2.75) is 38.0 Å². The third-order valence-corrected chi connectivity index (χ3v) is 6.96. The lowest BCUT2D eigenvalue weighted by atomic mass is 10.0. The number of carbonyl (C=O) groups excluding carboxylic acids is 1. The lowest BCUT2D eigenvalue weighted by Gasteiger charge is -2.31. The van der Waals surface area contributed by atoms with E-state index in [0.717, 1.165) is 12.1 Å². The molecule has 0 aliphatic carbocycles. The van der Waals surface area contributed by atoms with Crippen LogP contribution in [-0.2, 0) is 4.79 Å². The lowest BCUT2D eigenvalue weighted by molar-refractivity contribution is -0.274. The van der Waals surface area contributed by atoms with Gasteiger partial charge in [0.05, 0.1) is 40.1 Å². The molecule has 0 spiro atoms. The van der Waals surface area contributed by atoms with Crippen LogP contribution in [0, 0.1) is 17.3 Å². The Morgan fingerprint density at radius 1 is 1.29 bits per heavy atom. The molecular weight excluding hydrogens is 596 g/mol. The molecule has 9 nitrogen and oxygen atoms in total. The Labute approximate surface area is 241 Å². The van der Waals surface area contributed by atoms with Crippen molar-refractivity contribution < 1.29 is 31.5 Å². The number of nitriles is 1. The number of nitrogens with one attached hydrogen (secondary N) is 2. The fourth-order valence-corrected chi connectivity index (χ4v) is 4.81. The normalized spacial score (nSPS) is 21.0. The average Bonchev–Trinajstić information content (AvgIpc) is 3.51. The van der Waals surface area contributed by atoms with Crippen molar-refractivity contribution in [3.05, 3.63) is 57.8 Å². The lowest BCUT2D eigenvalue weighted by Crippen LogP contribution is -2.53. The highest BCUT2D eigenvalue weighted by Crippen LogP contribution is 2.30. The largest absolute Gasteiger partial charge is 0.573 e. The molecule has 0 unspecified atom stereocenters. The van der Waals surface area contributed by atoms with Gasteiger partial charge < -0.3 is 15.0 Å². The van der Waals surface area contributed by atoms with Crippen LogP contribution in [0.1, 0.15) is 18.9 Å². The van der Waals surface area contributed by atoms with E-state index < -0.39 is 36.2 Å². The van der Waals surface area contributed by atoms with Gasteiger partial charge in [-0.2, -0.15) is 10.4 Å². The minimum absolute atomic E-state index is 0.00435. The second-order valence-electron chi connectivity index (χ2n) is 9.00. The molecule has 0 saturated carbocycles. The van der Waals surface area contributed by atoms with Crippen molar-refractivity contribution in [2.75, 3.05) is 19.6 Å². The van der Waals surface area contributed by atoms with Crippen LogP contribution in [0.15, 0.2) is 46.5 Å². The molecule has 1 saturated heterocycles. The van der Waals surface area contributed by atoms with Crippen LogP contribution >= 0.6 is 23.2 Å². The number of hydrazone groups is 1. The molecule has 0 radical (unpaired) electrons. The Morgan fingerprint density at radius 2 is 2.05 bits per heavy atom. The third kappa shape index (κ3) is 7.35. The molecule has 1 amide bonds. The third-order valence-electron chi connectivity index (χ3n) is 6.22. The maximum absolute atomic E-state index is 14.1. The van der Waals surface area contributed by atoms with Crippen molar-refractivity contribution in [1.82, 2.24) is 20.5 Å². The number of rotatable bonds is 6. The van der Waals surface area contributed by atoms with Gasteiger partial charge in [-0.05, 0) is 25.1 Å². The molecule has 4 rings (SSSR count). The van der Waals surface area contributed by atoms with Gasteiger partial charge in [-0.1, -0.05) is 29.3 Å². The standard InChI is InChI=1S/C25H22Cl2F5N7O2/c1-2-38(23(40)20-8-15(29)10-34-20)21-11-39(37-22(21)13-3-4-18(26)19(27)5-13)24(35-12-33)36-16-6-14(28)7-17(9-16)41-25(30,31)32/h3-7,9,15,20-21,34H,2,8,10-11H2,1H3,(H,35,36)/t15-,20-,21+/m1/s1. The van der Waals surface area contributed by atoms with Crippen LogP contribution in [0.3, 0.4) is 0 Å². The number of nitrogens with zero attached hydrogens (tertiary/aromatic N) is 5. The fraction of sp³-hybridized carbons (Fsp3) is 0.360. The molecule has 0 bridgehead atoms. The summed E-state index contributed by atoms with van der Waals surface area (Å²) in [6.07, 6.45) is -4.59. The summed E-state index contributed by atoms with van der Waals surface area (Å²) in [5, 5.41) is 20.7. The van der Waals surface area contributed by atoms with Crippen molar-refractivity contribution >= 4 is 46.5 Å². The Hall–Kier alpha value is -3.67. The highest BCUT2D eigenvalue weighted by molar-refractivity contribution is 6.42. The molecule has 3 atom stereocenters. The van der Waals surface area contributed by atoms with E-state index in [1.54, 1.807) is 19.2 Å². The second kappa shape index (κ2) is 12.5. The van der Waals surface area contributed by atoms with Gasteiger partial charge >= 0.3 is 6.36 Å². The number of carbonyl (C=O) groups is 1. The van der Waals surface area contributed by atoms with E-state index in [4.69, 9.17) is 23.2 Å². The van der Waals surface area contributed by atoms with Crippen molar-refractivity contribution in [1.29, 1.82) is 5.26 Å². The molecular formula is C25H22Cl2F5N7O2. The first-order valence-corrected chi connectivity index (χ1v) is 12.9. The van der Waals surface area contributed by atoms with E-state index in [9.17, 15) is 32.0 Å². The molecule has 1 fully saturated rings. The zero-order chi connectivity index (χ0) is 29.9. The Morgan fingerprint density at radius 3 is 2.66 bits per heavy atom. The van der Waals surface area contributed by atoms with Crippen molar-refractivity contribution in [2.24, 2.45) is 10.1 Å². The number of hydrogen-bond acceptors (Lipinski definition) is 6. The predicted molar refractivity (Wildman–Crippen MR) is 141 cm³/mol. The average molecular weight is 618 g/mol. The summed E-state index contributed by atoms with van der Waals surface area (Å²) in [7, 11) is 0. The van der Waals surface area contributed by atoms with Crippen LogP contribution in [0.4, 0.5) is 27.6 Å². The molecule has 2 aliphatic rings. The van der Waals surface area contributed by atoms with Gasteiger partial charge in [-0.25, -0.2) is 18.8 Å². The first-order chi connectivity index (χ1) is 19.4. The number of alkyl halides is 4. The summed E-state index contributed by atoms with van der Waals surface area (Å²) in [6, 6.07) is 5.35. The molecule has 41 heavy (non-hydrogen) atoms. The first-order valence-electron chi connectivity index (χ1n) is 12.2. The topological polar surface area (TPSA) is 105 Å². The highest BCUT2D eigenvalue weighted by atomic mass is 35.5. The number of halogens is 7. The highest BCUT2D eigenvalue weighted by Gasteiger charge is 2.40. The van der Waals surface area contributed by atoms with Crippen LogP contribution in [0.25, 0.3) is 0 Å². The molecule has 16 heteroatoms. The zero-order valence-electron chi connectivity index (χ0n) is 21.2.